The van der Waals surface area contributed by atoms with E-state index in [2.05, 4.69) is 20.9 Å². The highest BCUT2D eigenvalue weighted by Crippen LogP contribution is 2.16. The standard InChI is InChI=1S/C13H18BrNO2/c1-3-10(4-2)13(17)12(16)6-9-5-11(14)8-15-7-9/h5,7-8,10,13,17H,3-4,6H2,1-2H3. The molecule has 0 bridgehead atoms. The van der Waals surface area contributed by atoms with Crippen LogP contribution in [0, 0.1) is 5.92 Å². The molecule has 0 aliphatic rings. The van der Waals surface area contributed by atoms with Crippen LogP contribution in [0.15, 0.2) is 22.9 Å². The van der Waals surface area contributed by atoms with Gasteiger partial charge >= 0.3 is 0 Å². The van der Waals surface area contributed by atoms with Gasteiger partial charge in [0.1, 0.15) is 6.10 Å². The molecule has 0 spiro atoms. The first-order chi connectivity index (χ1) is 8.08. The summed E-state index contributed by atoms with van der Waals surface area (Å²) in [6, 6.07) is 1.85. The number of halogens is 1. The van der Waals surface area contributed by atoms with Gasteiger partial charge in [-0.05, 0) is 33.5 Å². The van der Waals surface area contributed by atoms with E-state index in [0.717, 1.165) is 22.9 Å². The summed E-state index contributed by atoms with van der Waals surface area (Å²) in [6.45, 7) is 3.98. The van der Waals surface area contributed by atoms with E-state index in [9.17, 15) is 9.90 Å². The van der Waals surface area contributed by atoms with E-state index in [1.54, 1.807) is 12.4 Å². The zero-order valence-corrected chi connectivity index (χ0v) is 11.8. The number of aliphatic hydroxyl groups is 1. The minimum absolute atomic E-state index is 0.0580. The largest absolute Gasteiger partial charge is 0.385 e. The molecule has 0 amide bonds. The predicted octanol–water partition coefficient (Wildman–Crippen LogP) is 2.75. The van der Waals surface area contributed by atoms with Gasteiger partial charge in [-0.3, -0.25) is 9.78 Å². The van der Waals surface area contributed by atoms with Crippen LogP contribution in [-0.2, 0) is 11.2 Å². The Hall–Kier alpha value is -0.740. The molecule has 17 heavy (non-hydrogen) atoms. The summed E-state index contributed by atoms with van der Waals surface area (Å²) in [5.74, 6) is -0.0683. The maximum absolute atomic E-state index is 11.9. The Morgan fingerprint density at radius 1 is 1.41 bits per heavy atom. The van der Waals surface area contributed by atoms with Crippen molar-refractivity contribution in [2.75, 3.05) is 0 Å². The van der Waals surface area contributed by atoms with Crippen molar-refractivity contribution in [2.24, 2.45) is 5.92 Å². The molecule has 1 heterocycles. The molecule has 4 heteroatoms. The zero-order chi connectivity index (χ0) is 12.8. The van der Waals surface area contributed by atoms with Gasteiger partial charge in [-0.1, -0.05) is 26.7 Å². The summed E-state index contributed by atoms with van der Waals surface area (Å²) in [5, 5.41) is 9.93. The van der Waals surface area contributed by atoms with E-state index in [1.807, 2.05) is 19.9 Å². The highest BCUT2D eigenvalue weighted by Gasteiger charge is 2.23. The van der Waals surface area contributed by atoms with Gasteiger partial charge in [-0.25, -0.2) is 0 Å². The lowest BCUT2D eigenvalue weighted by Gasteiger charge is -2.18. The number of hydrogen-bond acceptors (Lipinski definition) is 3. The van der Waals surface area contributed by atoms with Crippen LogP contribution in [0.25, 0.3) is 0 Å². The predicted molar refractivity (Wildman–Crippen MR) is 70.7 cm³/mol. The third-order valence-corrected chi connectivity index (χ3v) is 3.40. The average Bonchev–Trinajstić information content (AvgIpc) is 2.30. The third-order valence-electron chi connectivity index (χ3n) is 2.97. The number of Topliss-reactive ketones (excluding diaryl/α,β-unsaturated/α-hetero) is 1. The SMILES string of the molecule is CCC(CC)C(O)C(=O)Cc1cncc(Br)c1. The smallest absolute Gasteiger partial charge is 0.165 e. The van der Waals surface area contributed by atoms with Crippen molar-refractivity contribution in [3.8, 4) is 0 Å². The zero-order valence-electron chi connectivity index (χ0n) is 10.2. The first-order valence-electron chi connectivity index (χ1n) is 5.88. The monoisotopic (exact) mass is 299 g/mol. The maximum atomic E-state index is 11.9. The molecule has 1 atom stereocenters. The van der Waals surface area contributed by atoms with Crippen LogP contribution < -0.4 is 0 Å². The van der Waals surface area contributed by atoms with Crippen LogP contribution in [0.4, 0.5) is 0 Å². The number of aromatic nitrogens is 1. The highest BCUT2D eigenvalue weighted by atomic mass is 79.9. The molecule has 0 aliphatic carbocycles. The number of aliphatic hydroxyl groups excluding tert-OH is 1. The number of rotatable bonds is 6. The first kappa shape index (κ1) is 14.3. The molecule has 1 aromatic rings. The molecule has 0 saturated heterocycles. The van der Waals surface area contributed by atoms with E-state index < -0.39 is 6.10 Å². The van der Waals surface area contributed by atoms with Crippen molar-refractivity contribution in [2.45, 2.75) is 39.2 Å². The van der Waals surface area contributed by atoms with E-state index in [-0.39, 0.29) is 18.1 Å². The fourth-order valence-electron chi connectivity index (χ4n) is 1.86. The number of nitrogens with zero attached hydrogens (tertiary/aromatic N) is 1. The van der Waals surface area contributed by atoms with Gasteiger partial charge in [0, 0.05) is 23.3 Å². The van der Waals surface area contributed by atoms with Crippen molar-refractivity contribution >= 4 is 21.7 Å². The summed E-state index contributed by atoms with van der Waals surface area (Å²) in [4.78, 5) is 15.9. The van der Waals surface area contributed by atoms with Gasteiger partial charge in [0.25, 0.3) is 0 Å². The summed E-state index contributed by atoms with van der Waals surface area (Å²) in [7, 11) is 0. The third kappa shape index (κ3) is 4.21. The molecule has 0 aromatic carbocycles. The summed E-state index contributed by atoms with van der Waals surface area (Å²) < 4.78 is 0.847. The van der Waals surface area contributed by atoms with Gasteiger partial charge in [-0.2, -0.15) is 0 Å². The number of carbonyl (C=O) groups is 1. The quantitative estimate of drug-likeness (QED) is 0.879. The minimum atomic E-state index is -0.857. The topological polar surface area (TPSA) is 50.2 Å². The Morgan fingerprint density at radius 2 is 2.06 bits per heavy atom. The second kappa shape index (κ2) is 6.87. The van der Waals surface area contributed by atoms with Gasteiger partial charge in [0.2, 0.25) is 0 Å². The maximum Gasteiger partial charge on any atom is 0.165 e. The van der Waals surface area contributed by atoms with Crippen molar-refractivity contribution in [3.63, 3.8) is 0 Å². The van der Waals surface area contributed by atoms with Crippen molar-refractivity contribution in [1.82, 2.24) is 4.98 Å². The first-order valence-corrected chi connectivity index (χ1v) is 6.68. The second-order valence-electron chi connectivity index (χ2n) is 4.18. The fraction of sp³-hybridized carbons (Fsp3) is 0.538. The van der Waals surface area contributed by atoms with E-state index >= 15 is 0 Å². The van der Waals surface area contributed by atoms with Crippen LogP contribution in [0.3, 0.4) is 0 Å². The van der Waals surface area contributed by atoms with Crippen LogP contribution in [-0.4, -0.2) is 22.0 Å². The summed E-state index contributed by atoms with van der Waals surface area (Å²) in [5.41, 5.74) is 0.828. The van der Waals surface area contributed by atoms with E-state index in [0.29, 0.717) is 0 Å². The molecule has 0 radical (unpaired) electrons. The molecule has 94 valence electrons. The number of carbonyl (C=O) groups excluding carboxylic acids is 1. The van der Waals surface area contributed by atoms with Gasteiger partial charge < -0.3 is 5.11 Å². The Bertz CT molecular complexity index is 377. The highest BCUT2D eigenvalue weighted by molar-refractivity contribution is 9.10. The normalized spacial score (nSPS) is 12.8. The Morgan fingerprint density at radius 3 is 2.59 bits per heavy atom. The minimum Gasteiger partial charge on any atom is -0.385 e. The van der Waals surface area contributed by atoms with Crippen LogP contribution in [0.2, 0.25) is 0 Å². The molecule has 0 saturated carbocycles. The molecule has 3 nitrogen and oxygen atoms in total. The molecule has 1 rings (SSSR count). The summed E-state index contributed by atoms with van der Waals surface area (Å²) in [6.07, 6.45) is 4.35. The van der Waals surface area contributed by atoms with Crippen LogP contribution >= 0.6 is 15.9 Å². The second-order valence-corrected chi connectivity index (χ2v) is 5.09. The molecule has 0 fully saturated rings. The molecular formula is C13H18BrNO2. The van der Waals surface area contributed by atoms with E-state index in [4.69, 9.17) is 0 Å². The Balaban J connectivity index is 2.65. The van der Waals surface area contributed by atoms with Crippen LogP contribution in [0.1, 0.15) is 32.3 Å². The lowest BCUT2D eigenvalue weighted by atomic mass is 9.91. The average molecular weight is 300 g/mol. The summed E-state index contributed by atoms with van der Waals surface area (Å²) >= 11 is 3.31. The molecule has 1 aromatic heterocycles. The van der Waals surface area contributed by atoms with Crippen molar-refractivity contribution < 1.29 is 9.90 Å². The number of pyridine rings is 1. The van der Waals surface area contributed by atoms with Gasteiger partial charge in [0.05, 0.1) is 0 Å². The van der Waals surface area contributed by atoms with Crippen molar-refractivity contribution in [1.29, 1.82) is 0 Å². The number of ketones is 1. The lowest BCUT2D eigenvalue weighted by Crippen LogP contribution is -2.30. The molecule has 0 aliphatic heterocycles. The number of hydrogen-bond donors (Lipinski definition) is 1. The van der Waals surface area contributed by atoms with Crippen LogP contribution in [0.5, 0.6) is 0 Å². The lowest BCUT2D eigenvalue weighted by molar-refractivity contribution is -0.129. The molecular weight excluding hydrogens is 282 g/mol. The van der Waals surface area contributed by atoms with Gasteiger partial charge in [0.15, 0.2) is 5.78 Å². The van der Waals surface area contributed by atoms with Gasteiger partial charge in [-0.15, -0.1) is 0 Å². The molecule has 1 unspecified atom stereocenters. The Kier molecular flexibility index (Phi) is 5.78. The van der Waals surface area contributed by atoms with E-state index in [1.165, 1.54) is 0 Å². The van der Waals surface area contributed by atoms with Crippen molar-refractivity contribution in [3.05, 3.63) is 28.5 Å². The fourth-order valence-corrected chi connectivity index (χ4v) is 2.27. The molecule has 1 N–H and O–H groups in total. The Labute approximate surface area is 110 Å².